The number of carbonyl (C=O) groups is 1. The lowest BCUT2D eigenvalue weighted by molar-refractivity contribution is 0.108. The number of carbonyl (C=O) groups excluding carboxylic acids is 1. The second kappa shape index (κ2) is 7.62. The van der Waals surface area contributed by atoms with Gasteiger partial charge in [-0.25, -0.2) is 0 Å². The first-order valence-electron chi connectivity index (χ1n) is 8.73. The topological polar surface area (TPSA) is 17.1 Å². The maximum atomic E-state index is 13.0. The summed E-state index contributed by atoms with van der Waals surface area (Å²) in [5, 5.41) is 1.21. The van der Waals surface area contributed by atoms with E-state index in [1.54, 1.807) is 0 Å². The lowest BCUT2D eigenvalue weighted by Gasteiger charge is -2.17. The maximum Gasteiger partial charge on any atom is 0.186 e. The van der Waals surface area contributed by atoms with E-state index in [0.717, 1.165) is 16.7 Å². The first-order chi connectivity index (χ1) is 11.2. The van der Waals surface area contributed by atoms with Crippen LogP contribution in [0.5, 0.6) is 0 Å². The normalized spacial score (nSPS) is 11.9. The average Bonchev–Trinajstić information content (AvgIpc) is 2.45. The Labute approximate surface area is 148 Å². The van der Waals surface area contributed by atoms with Gasteiger partial charge in [0.05, 0.1) is 0 Å². The molecule has 0 heterocycles. The Hall–Kier alpha value is -1.46. The Morgan fingerprint density at radius 3 is 1.96 bits per heavy atom. The van der Waals surface area contributed by atoms with Gasteiger partial charge >= 0.3 is 0 Å². The van der Waals surface area contributed by atoms with E-state index >= 15 is 0 Å². The van der Waals surface area contributed by atoms with Gasteiger partial charge in [0.1, 0.15) is 0 Å². The minimum Gasteiger partial charge on any atom is -0.289 e. The zero-order valence-electron chi connectivity index (χ0n) is 15.9. The number of rotatable bonds is 5. The standard InChI is InChI=1S/C22H29OP/c1-13(2)18-8-9-19(14(3)4)20(12-18)24-22(23)21-16(6)10-15(5)11-17(21)7/h8-14,24H,1-7H3. The van der Waals surface area contributed by atoms with Crippen molar-refractivity contribution in [3.63, 3.8) is 0 Å². The SMILES string of the molecule is Cc1cc(C)c(C(=O)Pc2cc(C(C)C)ccc2C(C)C)c(C)c1. The van der Waals surface area contributed by atoms with E-state index in [9.17, 15) is 4.79 Å². The van der Waals surface area contributed by atoms with Crippen LogP contribution < -0.4 is 5.30 Å². The third-order valence-electron chi connectivity index (χ3n) is 4.52. The molecule has 0 saturated heterocycles. The predicted octanol–water partition coefficient (Wildman–Crippen LogP) is 6.00. The number of aryl methyl sites for hydroxylation is 3. The molecule has 2 aromatic carbocycles. The van der Waals surface area contributed by atoms with Crippen molar-refractivity contribution < 1.29 is 4.79 Å². The molecule has 24 heavy (non-hydrogen) atoms. The molecular weight excluding hydrogens is 311 g/mol. The summed E-state index contributed by atoms with van der Waals surface area (Å²) in [6.07, 6.45) is 0. The van der Waals surface area contributed by atoms with E-state index in [-0.39, 0.29) is 14.1 Å². The molecule has 1 nitrogen and oxygen atoms in total. The van der Waals surface area contributed by atoms with Crippen molar-refractivity contribution in [3.05, 3.63) is 63.7 Å². The van der Waals surface area contributed by atoms with E-state index in [4.69, 9.17) is 0 Å². The highest BCUT2D eigenvalue weighted by Gasteiger charge is 2.17. The van der Waals surface area contributed by atoms with Gasteiger partial charge in [-0.3, -0.25) is 4.79 Å². The molecule has 2 rings (SSSR count). The van der Waals surface area contributed by atoms with Crippen molar-refractivity contribution in [2.24, 2.45) is 0 Å². The van der Waals surface area contributed by atoms with Gasteiger partial charge in [0, 0.05) is 5.56 Å². The van der Waals surface area contributed by atoms with Gasteiger partial charge in [-0.2, -0.15) is 0 Å². The molecule has 0 aliphatic carbocycles. The van der Waals surface area contributed by atoms with E-state index < -0.39 is 0 Å². The van der Waals surface area contributed by atoms with Crippen LogP contribution in [0.25, 0.3) is 0 Å². The minimum absolute atomic E-state index is 0.187. The molecule has 0 aliphatic rings. The van der Waals surface area contributed by atoms with Crippen LogP contribution in [0.15, 0.2) is 30.3 Å². The van der Waals surface area contributed by atoms with E-state index in [0.29, 0.717) is 11.8 Å². The molecule has 2 aromatic rings. The second-order valence-electron chi connectivity index (χ2n) is 7.38. The molecule has 0 amide bonds. The summed E-state index contributed by atoms with van der Waals surface area (Å²) >= 11 is 0. The molecule has 0 saturated carbocycles. The molecule has 0 aromatic heterocycles. The van der Waals surface area contributed by atoms with Crippen LogP contribution in [-0.2, 0) is 0 Å². The van der Waals surface area contributed by atoms with E-state index in [1.807, 2.05) is 13.8 Å². The van der Waals surface area contributed by atoms with Gasteiger partial charge in [0.15, 0.2) is 5.52 Å². The molecule has 0 aliphatic heterocycles. The Bertz CT molecular complexity index is 734. The third-order valence-corrected chi connectivity index (χ3v) is 5.70. The molecule has 0 fully saturated rings. The highest BCUT2D eigenvalue weighted by atomic mass is 31.1. The Balaban J connectivity index is 2.43. The maximum absolute atomic E-state index is 13.0. The Morgan fingerprint density at radius 2 is 1.46 bits per heavy atom. The summed E-state index contributed by atoms with van der Waals surface area (Å²) in [4.78, 5) is 13.0. The van der Waals surface area contributed by atoms with Crippen molar-refractivity contribution in [1.82, 2.24) is 0 Å². The summed E-state index contributed by atoms with van der Waals surface area (Å²) in [5.74, 6) is 0.912. The van der Waals surface area contributed by atoms with Crippen molar-refractivity contribution >= 4 is 19.4 Å². The van der Waals surface area contributed by atoms with Gasteiger partial charge in [-0.05, 0) is 68.7 Å². The van der Waals surface area contributed by atoms with Crippen LogP contribution in [0.2, 0.25) is 0 Å². The van der Waals surface area contributed by atoms with Crippen molar-refractivity contribution in [2.45, 2.75) is 60.3 Å². The summed E-state index contributed by atoms with van der Waals surface area (Å²) in [6.45, 7) is 15.0. The van der Waals surface area contributed by atoms with Gasteiger partial charge in [0.2, 0.25) is 0 Å². The van der Waals surface area contributed by atoms with E-state index in [2.05, 4.69) is 65.0 Å². The third kappa shape index (κ3) is 4.14. The summed E-state index contributed by atoms with van der Waals surface area (Å²) in [6, 6.07) is 10.9. The predicted molar refractivity (Wildman–Crippen MR) is 108 cm³/mol. The van der Waals surface area contributed by atoms with Gasteiger partial charge in [-0.1, -0.05) is 63.6 Å². The molecule has 0 N–H and O–H groups in total. The summed E-state index contributed by atoms with van der Waals surface area (Å²) in [7, 11) is 0.187. The van der Waals surface area contributed by atoms with Crippen LogP contribution in [0.1, 0.15) is 77.7 Å². The van der Waals surface area contributed by atoms with Crippen LogP contribution in [0.3, 0.4) is 0 Å². The number of benzene rings is 2. The first-order valence-corrected chi connectivity index (χ1v) is 9.73. The van der Waals surface area contributed by atoms with Crippen molar-refractivity contribution in [3.8, 4) is 0 Å². The second-order valence-corrected chi connectivity index (χ2v) is 8.63. The van der Waals surface area contributed by atoms with Crippen LogP contribution in [0.4, 0.5) is 0 Å². The molecule has 0 bridgehead atoms. The Kier molecular flexibility index (Phi) is 5.99. The zero-order chi connectivity index (χ0) is 18.0. The Morgan fingerprint density at radius 1 is 0.875 bits per heavy atom. The van der Waals surface area contributed by atoms with Gasteiger partial charge < -0.3 is 0 Å². The lowest BCUT2D eigenvalue weighted by atomic mass is 9.97. The highest BCUT2D eigenvalue weighted by Crippen LogP contribution is 2.29. The average molecular weight is 340 g/mol. The highest BCUT2D eigenvalue weighted by molar-refractivity contribution is 7.66. The quantitative estimate of drug-likeness (QED) is 0.610. The minimum atomic E-state index is 0.187. The van der Waals surface area contributed by atoms with Crippen molar-refractivity contribution in [2.75, 3.05) is 0 Å². The molecule has 0 radical (unpaired) electrons. The van der Waals surface area contributed by atoms with Crippen LogP contribution in [-0.4, -0.2) is 5.52 Å². The zero-order valence-corrected chi connectivity index (χ0v) is 16.9. The molecule has 2 heteroatoms. The largest absolute Gasteiger partial charge is 0.289 e. The fourth-order valence-electron chi connectivity index (χ4n) is 3.27. The molecule has 1 atom stereocenters. The van der Waals surface area contributed by atoms with Gasteiger partial charge in [0.25, 0.3) is 0 Å². The molecule has 0 spiro atoms. The first kappa shape index (κ1) is 18.9. The van der Waals surface area contributed by atoms with Gasteiger partial charge in [-0.15, -0.1) is 0 Å². The van der Waals surface area contributed by atoms with Crippen molar-refractivity contribution in [1.29, 1.82) is 0 Å². The molecule has 1 unspecified atom stereocenters. The summed E-state index contributed by atoms with van der Waals surface area (Å²) < 4.78 is 0. The summed E-state index contributed by atoms with van der Waals surface area (Å²) in [5.41, 5.74) is 7.18. The monoisotopic (exact) mass is 340 g/mol. The molecule has 128 valence electrons. The molecular formula is C22H29OP. The fraction of sp³-hybridized carbons (Fsp3) is 0.409. The fourth-order valence-corrected chi connectivity index (χ4v) is 4.79. The number of hydrogen-bond acceptors (Lipinski definition) is 1. The van der Waals surface area contributed by atoms with Crippen LogP contribution >= 0.6 is 8.58 Å². The lowest BCUT2D eigenvalue weighted by Crippen LogP contribution is -2.12. The van der Waals surface area contributed by atoms with Crippen LogP contribution in [0, 0.1) is 20.8 Å². The van der Waals surface area contributed by atoms with E-state index in [1.165, 1.54) is 22.0 Å². The smallest absolute Gasteiger partial charge is 0.186 e. The number of hydrogen-bond donors (Lipinski definition) is 0.